The number of para-hydroxylation sites is 1. The van der Waals surface area contributed by atoms with E-state index < -0.39 is 12.1 Å². The molecule has 2 aromatic carbocycles. The molecular formula is C23H24ClF3N2O3. The normalized spacial score (nSPS) is 10.9. The van der Waals surface area contributed by atoms with Gasteiger partial charge in [0, 0.05) is 22.8 Å². The quantitative estimate of drug-likeness (QED) is 0.459. The van der Waals surface area contributed by atoms with Crippen molar-refractivity contribution in [1.29, 1.82) is 0 Å². The topological polar surface area (TPSA) is 64.4 Å². The van der Waals surface area contributed by atoms with E-state index in [1.54, 1.807) is 7.11 Å². The number of alkyl halides is 3. The zero-order valence-electron chi connectivity index (χ0n) is 17.7. The lowest BCUT2D eigenvalue weighted by molar-refractivity contribution is -0.192. The summed E-state index contributed by atoms with van der Waals surface area (Å²) in [6.07, 6.45) is -0.133. The highest BCUT2D eigenvalue weighted by molar-refractivity contribution is 6.30. The Morgan fingerprint density at radius 3 is 2.31 bits per heavy atom. The number of nitrogens with zero attached hydrogens (tertiary/aromatic N) is 2. The first-order chi connectivity index (χ1) is 15.2. The number of imidazole rings is 1. The van der Waals surface area contributed by atoms with E-state index in [1.807, 2.05) is 42.7 Å². The van der Waals surface area contributed by atoms with Crippen LogP contribution in [-0.2, 0) is 24.2 Å². The smallest absolute Gasteiger partial charge is 0.490 e. The Balaban J connectivity index is 0.000000451. The van der Waals surface area contributed by atoms with Gasteiger partial charge >= 0.3 is 12.1 Å². The van der Waals surface area contributed by atoms with Crippen molar-refractivity contribution >= 4 is 17.6 Å². The van der Waals surface area contributed by atoms with Crippen LogP contribution in [0.5, 0.6) is 5.75 Å². The highest BCUT2D eigenvalue weighted by Gasteiger charge is 2.38. The number of carboxylic acids is 1. The van der Waals surface area contributed by atoms with E-state index in [4.69, 9.17) is 26.2 Å². The third-order valence-corrected chi connectivity index (χ3v) is 4.86. The van der Waals surface area contributed by atoms with Crippen molar-refractivity contribution < 1.29 is 27.8 Å². The zero-order chi connectivity index (χ0) is 23.7. The molecule has 0 saturated carbocycles. The summed E-state index contributed by atoms with van der Waals surface area (Å²) in [6, 6.07) is 16.1. The molecule has 0 spiro atoms. The van der Waals surface area contributed by atoms with Gasteiger partial charge in [0.2, 0.25) is 0 Å². The fourth-order valence-corrected chi connectivity index (χ4v) is 3.22. The van der Waals surface area contributed by atoms with Crippen LogP contribution in [0.4, 0.5) is 13.2 Å². The highest BCUT2D eigenvalue weighted by Crippen LogP contribution is 2.26. The predicted octanol–water partition coefficient (Wildman–Crippen LogP) is 6.04. The van der Waals surface area contributed by atoms with E-state index in [2.05, 4.69) is 28.6 Å². The second kappa shape index (κ2) is 11.6. The number of aliphatic carboxylic acids is 1. The Morgan fingerprint density at radius 2 is 1.75 bits per heavy atom. The van der Waals surface area contributed by atoms with Crippen LogP contribution in [0.15, 0.2) is 54.9 Å². The Morgan fingerprint density at radius 1 is 1.12 bits per heavy atom. The summed E-state index contributed by atoms with van der Waals surface area (Å²) in [7, 11) is 1.72. The number of aromatic nitrogens is 2. The van der Waals surface area contributed by atoms with E-state index >= 15 is 0 Å². The van der Waals surface area contributed by atoms with Crippen LogP contribution in [0.2, 0.25) is 5.02 Å². The molecule has 0 aliphatic carbocycles. The molecule has 32 heavy (non-hydrogen) atoms. The molecular weight excluding hydrogens is 445 g/mol. The van der Waals surface area contributed by atoms with Crippen molar-refractivity contribution in [3.63, 3.8) is 0 Å². The number of benzene rings is 2. The lowest BCUT2D eigenvalue weighted by Gasteiger charge is -2.12. The third-order valence-electron chi connectivity index (χ3n) is 4.61. The van der Waals surface area contributed by atoms with Gasteiger partial charge in [0.05, 0.1) is 19.1 Å². The Labute approximate surface area is 189 Å². The average molecular weight is 469 g/mol. The lowest BCUT2D eigenvalue weighted by atomic mass is 10.1. The molecule has 0 bridgehead atoms. The molecule has 0 amide bonds. The van der Waals surface area contributed by atoms with E-state index in [-0.39, 0.29) is 0 Å². The van der Waals surface area contributed by atoms with Crippen LogP contribution < -0.4 is 4.74 Å². The first kappa shape index (κ1) is 25.3. The molecule has 0 radical (unpaired) electrons. The molecule has 0 unspecified atom stereocenters. The average Bonchev–Trinajstić information content (AvgIpc) is 3.15. The summed E-state index contributed by atoms with van der Waals surface area (Å²) < 4.78 is 39.5. The number of aryl methyl sites for hydroxylation is 2. The van der Waals surface area contributed by atoms with Gasteiger partial charge in [-0.3, -0.25) is 0 Å². The predicted molar refractivity (Wildman–Crippen MR) is 117 cm³/mol. The second-order valence-corrected chi connectivity index (χ2v) is 7.29. The van der Waals surface area contributed by atoms with Crippen molar-refractivity contribution in [3.8, 4) is 17.0 Å². The number of hydrogen-bond donors (Lipinski definition) is 1. The van der Waals surface area contributed by atoms with Gasteiger partial charge in [0.25, 0.3) is 0 Å². The standard InChI is InChI=1S/C21H23ClN2O.C2HF3O2/c1-3-6-19-21(17-9-11-18(22)12-10-17)23-15-24(19)14-13-16-7-4-5-8-20(16)25-2;3-2(4,5)1(6)7/h4-5,7-12,15H,3,6,13-14H2,1-2H3;(H,6,7). The highest BCUT2D eigenvalue weighted by atomic mass is 35.5. The molecule has 3 rings (SSSR count). The van der Waals surface area contributed by atoms with Gasteiger partial charge in [-0.2, -0.15) is 13.2 Å². The molecule has 5 nitrogen and oxygen atoms in total. The number of carbonyl (C=O) groups is 1. The summed E-state index contributed by atoms with van der Waals surface area (Å²) in [5.41, 5.74) is 4.66. The minimum atomic E-state index is -5.08. The fourth-order valence-electron chi connectivity index (χ4n) is 3.10. The van der Waals surface area contributed by atoms with E-state index in [9.17, 15) is 13.2 Å². The molecule has 3 aromatic rings. The van der Waals surface area contributed by atoms with Gasteiger partial charge in [-0.1, -0.05) is 55.3 Å². The van der Waals surface area contributed by atoms with Crippen LogP contribution in [0.3, 0.4) is 0 Å². The maximum absolute atomic E-state index is 10.6. The maximum Gasteiger partial charge on any atom is 0.490 e. The van der Waals surface area contributed by atoms with Gasteiger partial charge in [0.1, 0.15) is 5.75 Å². The molecule has 0 aliphatic rings. The number of hydrogen-bond acceptors (Lipinski definition) is 3. The number of halogens is 4. The van der Waals surface area contributed by atoms with Crippen molar-refractivity contribution in [3.05, 3.63) is 71.1 Å². The number of carboxylic acid groups (broad SMARTS) is 1. The van der Waals surface area contributed by atoms with E-state index in [0.717, 1.165) is 47.8 Å². The SMILES string of the molecule is CCCc1c(-c2ccc(Cl)cc2)ncn1CCc1ccccc1OC.O=C(O)C(F)(F)F. The molecule has 9 heteroatoms. The van der Waals surface area contributed by atoms with Crippen molar-refractivity contribution in [2.24, 2.45) is 0 Å². The lowest BCUT2D eigenvalue weighted by Crippen LogP contribution is -2.21. The summed E-state index contributed by atoms with van der Waals surface area (Å²) in [4.78, 5) is 13.6. The largest absolute Gasteiger partial charge is 0.496 e. The Bertz CT molecular complexity index is 1020. The van der Waals surface area contributed by atoms with Crippen LogP contribution in [0.25, 0.3) is 11.3 Å². The number of methoxy groups -OCH3 is 1. The molecule has 0 fully saturated rings. The van der Waals surface area contributed by atoms with Crippen LogP contribution in [-0.4, -0.2) is 33.9 Å². The van der Waals surface area contributed by atoms with Gasteiger partial charge in [-0.05, 0) is 36.6 Å². The number of rotatable bonds is 7. The molecule has 0 atom stereocenters. The second-order valence-electron chi connectivity index (χ2n) is 6.85. The number of ether oxygens (including phenoxy) is 1. The van der Waals surface area contributed by atoms with Crippen molar-refractivity contribution in [2.75, 3.05) is 7.11 Å². The minimum absolute atomic E-state index is 0.747. The van der Waals surface area contributed by atoms with E-state index in [0.29, 0.717) is 0 Å². The maximum atomic E-state index is 10.6. The van der Waals surface area contributed by atoms with E-state index in [1.165, 1.54) is 11.3 Å². The molecule has 1 N–H and O–H groups in total. The summed E-state index contributed by atoms with van der Waals surface area (Å²) in [5.74, 6) is -1.81. The first-order valence-corrected chi connectivity index (χ1v) is 10.3. The summed E-state index contributed by atoms with van der Waals surface area (Å²) >= 11 is 6.01. The van der Waals surface area contributed by atoms with Crippen molar-refractivity contribution in [1.82, 2.24) is 9.55 Å². The fraction of sp³-hybridized carbons (Fsp3) is 0.304. The minimum Gasteiger partial charge on any atom is -0.496 e. The van der Waals surface area contributed by atoms with Gasteiger partial charge in [-0.25, -0.2) is 9.78 Å². The van der Waals surface area contributed by atoms with Gasteiger partial charge in [-0.15, -0.1) is 0 Å². The zero-order valence-corrected chi connectivity index (χ0v) is 18.5. The molecule has 1 heterocycles. The van der Waals surface area contributed by atoms with Crippen molar-refractivity contribution in [2.45, 2.75) is 38.9 Å². The van der Waals surface area contributed by atoms with Gasteiger partial charge in [0.15, 0.2) is 0 Å². The molecule has 1 aromatic heterocycles. The van der Waals surface area contributed by atoms with Gasteiger partial charge < -0.3 is 14.4 Å². The van der Waals surface area contributed by atoms with Crippen LogP contribution in [0.1, 0.15) is 24.6 Å². The van der Waals surface area contributed by atoms with Crippen LogP contribution in [0, 0.1) is 0 Å². The Hall–Kier alpha value is -3.00. The molecule has 0 saturated heterocycles. The monoisotopic (exact) mass is 468 g/mol. The molecule has 172 valence electrons. The van der Waals surface area contributed by atoms with Crippen LogP contribution >= 0.6 is 11.6 Å². The summed E-state index contributed by atoms with van der Waals surface area (Å²) in [6.45, 7) is 3.08. The summed E-state index contributed by atoms with van der Waals surface area (Å²) in [5, 5.41) is 7.87. The third kappa shape index (κ3) is 7.02. The first-order valence-electron chi connectivity index (χ1n) is 9.89. The molecule has 0 aliphatic heterocycles. The Kier molecular flexibility index (Phi) is 9.13.